The maximum atomic E-state index is 9.73. The molecule has 0 spiro atoms. The third kappa shape index (κ3) is 2.53. The van der Waals surface area contributed by atoms with E-state index in [1.165, 1.54) is 7.11 Å². The second kappa shape index (κ2) is 5.21. The van der Waals surface area contributed by atoms with Gasteiger partial charge in [-0.15, -0.1) is 0 Å². The van der Waals surface area contributed by atoms with E-state index in [4.69, 9.17) is 27.2 Å². The third-order valence-electron chi connectivity index (χ3n) is 2.17. The van der Waals surface area contributed by atoms with Gasteiger partial charge in [0.1, 0.15) is 16.5 Å². The van der Waals surface area contributed by atoms with Crippen LogP contribution in [0.3, 0.4) is 0 Å². The Kier molecular flexibility index (Phi) is 4.20. The van der Waals surface area contributed by atoms with Crippen molar-refractivity contribution in [2.24, 2.45) is 5.73 Å². The monoisotopic (exact) mass is 231 g/mol. The summed E-state index contributed by atoms with van der Waals surface area (Å²) in [4.78, 5) is 0. The number of phenols is 1. The van der Waals surface area contributed by atoms with Gasteiger partial charge >= 0.3 is 0 Å². The number of halogens is 1. The molecule has 4 nitrogen and oxygen atoms in total. The number of benzene rings is 1. The highest BCUT2D eigenvalue weighted by molar-refractivity contribution is 6.33. The van der Waals surface area contributed by atoms with Gasteiger partial charge in [-0.1, -0.05) is 11.6 Å². The Morgan fingerprint density at radius 2 is 2.20 bits per heavy atom. The van der Waals surface area contributed by atoms with Gasteiger partial charge in [0, 0.05) is 18.2 Å². The number of nitrogens with two attached hydrogens (primary N) is 1. The van der Waals surface area contributed by atoms with Gasteiger partial charge in [0.25, 0.3) is 0 Å². The lowest BCUT2D eigenvalue weighted by molar-refractivity contribution is 0.275. The van der Waals surface area contributed by atoms with Gasteiger partial charge in [0.2, 0.25) is 0 Å². The molecule has 0 aliphatic carbocycles. The van der Waals surface area contributed by atoms with Gasteiger partial charge in [0.05, 0.1) is 7.11 Å². The molecule has 1 aromatic carbocycles. The van der Waals surface area contributed by atoms with Gasteiger partial charge in [-0.05, 0) is 18.6 Å². The summed E-state index contributed by atoms with van der Waals surface area (Å²) in [7, 11) is 1.47. The van der Waals surface area contributed by atoms with Crippen LogP contribution in [0.5, 0.6) is 11.5 Å². The number of hydrogen-bond acceptors (Lipinski definition) is 4. The molecule has 1 unspecified atom stereocenters. The minimum atomic E-state index is -0.432. The molecule has 0 saturated carbocycles. The van der Waals surface area contributed by atoms with Gasteiger partial charge in [0.15, 0.2) is 0 Å². The Morgan fingerprint density at radius 1 is 1.53 bits per heavy atom. The fraction of sp³-hybridized carbons (Fsp3) is 0.400. The first kappa shape index (κ1) is 12.1. The van der Waals surface area contributed by atoms with E-state index in [-0.39, 0.29) is 17.4 Å². The molecule has 5 heteroatoms. The van der Waals surface area contributed by atoms with Crippen molar-refractivity contribution in [1.82, 2.24) is 0 Å². The van der Waals surface area contributed by atoms with Gasteiger partial charge in [-0.25, -0.2) is 0 Å². The zero-order valence-electron chi connectivity index (χ0n) is 8.40. The minimum absolute atomic E-state index is 0.0374. The Morgan fingerprint density at radius 3 is 2.73 bits per heavy atom. The van der Waals surface area contributed by atoms with E-state index >= 15 is 0 Å². The highest BCUT2D eigenvalue weighted by Gasteiger charge is 2.15. The van der Waals surface area contributed by atoms with Crippen LogP contribution in [0.2, 0.25) is 5.02 Å². The number of aliphatic hydroxyl groups excluding tert-OH is 1. The molecule has 0 amide bonds. The maximum absolute atomic E-state index is 9.73. The Balaban J connectivity index is 3.06. The third-order valence-corrected chi connectivity index (χ3v) is 2.54. The quantitative estimate of drug-likeness (QED) is 0.733. The predicted molar refractivity (Wildman–Crippen MR) is 58.3 cm³/mol. The van der Waals surface area contributed by atoms with Crippen LogP contribution in [0.15, 0.2) is 12.1 Å². The molecule has 0 bridgehead atoms. The SMILES string of the molecule is COc1ccc(C(N)CCO)c(O)c1Cl. The summed E-state index contributed by atoms with van der Waals surface area (Å²) < 4.78 is 4.94. The normalized spacial score (nSPS) is 12.5. The van der Waals surface area contributed by atoms with Crippen molar-refractivity contribution in [1.29, 1.82) is 0 Å². The van der Waals surface area contributed by atoms with Crippen molar-refractivity contribution in [3.63, 3.8) is 0 Å². The van der Waals surface area contributed by atoms with Crippen molar-refractivity contribution in [3.05, 3.63) is 22.7 Å². The van der Waals surface area contributed by atoms with Gasteiger partial charge in [-0.3, -0.25) is 0 Å². The fourth-order valence-corrected chi connectivity index (χ4v) is 1.56. The zero-order valence-corrected chi connectivity index (χ0v) is 9.16. The average molecular weight is 232 g/mol. The van der Waals surface area contributed by atoms with E-state index < -0.39 is 6.04 Å². The van der Waals surface area contributed by atoms with Crippen LogP contribution in [-0.4, -0.2) is 23.9 Å². The maximum Gasteiger partial charge on any atom is 0.142 e. The lowest BCUT2D eigenvalue weighted by Gasteiger charge is -2.14. The average Bonchev–Trinajstić information content (AvgIpc) is 2.22. The van der Waals surface area contributed by atoms with Crippen LogP contribution in [0, 0.1) is 0 Å². The lowest BCUT2D eigenvalue weighted by Crippen LogP contribution is -2.12. The summed E-state index contributed by atoms with van der Waals surface area (Å²) >= 11 is 5.85. The lowest BCUT2D eigenvalue weighted by atomic mass is 10.0. The van der Waals surface area contributed by atoms with E-state index in [9.17, 15) is 5.11 Å². The van der Waals surface area contributed by atoms with E-state index in [1.54, 1.807) is 12.1 Å². The van der Waals surface area contributed by atoms with Crippen molar-refractivity contribution in [2.75, 3.05) is 13.7 Å². The summed E-state index contributed by atoms with van der Waals surface area (Å²) in [6.07, 6.45) is 0.371. The van der Waals surface area contributed by atoms with Crippen molar-refractivity contribution < 1.29 is 14.9 Å². The standard InChI is InChI=1S/C10H14ClNO3/c1-15-8-3-2-6(7(12)4-5-13)10(14)9(8)11/h2-3,7,13-14H,4-5,12H2,1H3. The number of aliphatic hydroxyl groups is 1. The highest BCUT2D eigenvalue weighted by atomic mass is 35.5. The molecule has 0 radical (unpaired) electrons. The highest BCUT2D eigenvalue weighted by Crippen LogP contribution is 2.38. The molecule has 1 atom stereocenters. The topological polar surface area (TPSA) is 75.7 Å². The van der Waals surface area contributed by atoms with Crippen LogP contribution in [0.4, 0.5) is 0 Å². The molecule has 84 valence electrons. The number of ether oxygens (including phenoxy) is 1. The van der Waals surface area contributed by atoms with Crippen LogP contribution >= 0.6 is 11.6 Å². The summed E-state index contributed by atoms with van der Waals surface area (Å²) in [5.74, 6) is 0.311. The second-order valence-electron chi connectivity index (χ2n) is 3.14. The molecule has 0 heterocycles. The first-order valence-corrected chi connectivity index (χ1v) is 4.91. The largest absolute Gasteiger partial charge is 0.506 e. The van der Waals surface area contributed by atoms with E-state index in [1.807, 2.05) is 0 Å². The summed E-state index contributed by atoms with van der Waals surface area (Å²) in [6.45, 7) is -0.0374. The van der Waals surface area contributed by atoms with Crippen LogP contribution in [0.25, 0.3) is 0 Å². The van der Waals surface area contributed by atoms with E-state index in [0.717, 1.165) is 0 Å². The number of rotatable bonds is 4. The van der Waals surface area contributed by atoms with Crippen molar-refractivity contribution >= 4 is 11.6 Å². The predicted octanol–water partition coefficient (Wildman–Crippen LogP) is 1.44. The Hall–Kier alpha value is -0.970. The van der Waals surface area contributed by atoms with Gasteiger partial charge < -0.3 is 20.7 Å². The molecule has 15 heavy (non-hydrogen) atoms. The number of methoxy groups -OCH3 is 1. The number of aromatic hydroxyl groups is 1. The molecule has 1 aromatic rings. The molecular formula is C10H14ClNO3. The molecule has 0 fully saturated rings. The summed E-state index contributed by atoms with van der Waals surface area (Å²) in [5, 5.41) is 18.6. The van der Waals surface area contributed by atoms with Crippen LogP contribution in [0.1, 0.15) is 18.0 Å². The first-order chi connectivity index (χ1) is 7.11. The molecule has 0 aliphatic rings. The second-order valence-corrected chi connectivity index (χ2v) is 3.52. The van der Waals surface area contributed by atoms with Crippen molar-refractivity contribution in [3.8, 4) is 11.5 Å². The van der Waals surface area contributed by atoms with Crippen LogP contribution < -0.4 is 10.5 Å². The molecule has 1 rings (SSSR count). The van der Waals surface area contributed by atoms with E-state index in [2.05, 4.69) is 0 Å². The molecule has 0 aromatic heterocycles. The first-order valence-electron chi connectivity index (χ1n) is 4.53. The Bertz CT molecular complexity index is 344. The van der Waals surface area contributed by atoms with Gasteiger partial charge in [-0.2, -0.15) is 0 Å². The summed E-state index contributed by atoms with van der Waals surface area (Å²) in [6, 6.07) is 2.84. The number of hydrogen-bond donors (Lipinski definition) is 3. The molecule has 0 saturated heterocycles. The van der Waals surface area contributed by atoms with Crippen LogP contribution in [-0.2, 0) is 0 Å². The summed E-state index contributed by atoms with van der Waals surface area (Å²) in [5.41, 5.74) is 6.26. The zero-order chi connectivity index (χ0) is 11.4. The smallest absolute Gasteiger partial charge is 0.142 e. The minimum Gasteiger partial charge on any atom is -0.506 e. The molecular weight excluding hydrogens is 218 g/mol. The Labute approximate surface area is 93.2 Å². The fourth-order valence-electron chi connectivity index (χ4n) is 1.31. The number of phenolic OH excluding ortho intramolecular Hbond substituents is 1. The molecule has 0 aliphatic heterocycles. The van der Waals surface area contributed by atoms with Crippen molar-refractivity contribution in [2.45, 2.75) is 12.5 Å². The van der Waals surface area contributed by atoms with E-state index in [0.29, 0.717) is 17.7 Å². The molecule has 4 N–H and O–H groups in total.